The molecule has 0 bridgehead atoms. The number of hydrogen-bond acceptors (Lipinski definition) is 2. The maximum Gasteiger partial charge on any atom is 0.435 e. The summed E-state index contributed by atoms with van der Waals surface area (Å²) < 4.78 is 65.9. The van der Waals surface area contributed by atoms with Gasteiger partial charge in [-0.2, -0.15) is 18.3 Å². The molecule has 0 saturated heterocycles. The third-order valence-electron chi connectivity index (χ3n) is 2.88. The molecular formula is C10H9F5N2O2. The van der Waals surface area contributed by atoms with Crippen LogP contribution < -0.4 is 0 Å². The molecule has 19 heavy (non-hydrogen) atoms. The summed E-state index contributed by atoms with van der Waals surface area (Å²) in [5, 5.41) is 11.6. The summed E-state index contributed by atoms with van der Waals surface area (Å²) >= 11 is 0. The van der Waals surface area contributed by atoms with Gasteiger partial charge in [-0.15, -0.1) is 0 Å². The Hall–Kier alpha value is -1.67. The van der Waals surface area contributed by atoms with Crippen LogP contribution in [0.3, 0.4) is 0 Å². The van der Waals surface area contributed by atoms with Crippen molar-refractivity contribution in [2.75, 3.05) is 0 Å². The fraction of sp³-hybridized carbons (Fsp3) is 0.600. The molecule has 0 unspecified atom stereocenters. The normalized spacial score (nSPS) is 18.2. The Bertz CT molecular complexity index is 521. The Morgan fingerprint density at radius 3 is 2.58 bits per heavy atom. The Labute approximate surface area is 103 Å². The molecular weight excluding hydrogens is 275 g/mol. The number of carboxylic acids is 1. The maximum atomic E-state index is 13.6. The first kappa shape index (κ1) is 13.8. The Kier molecular flexibility index (Phi) is 3.02. The van der Waals surface area contributed by atoms with Crippen molar-refractivity contribution in [2.45, 2.75) is 37.9 Å². The van der Waals surface area contributed by atoms with E-state index in [0.717, 1.165) is 0 Å². The van der Waals surface area contributed by atoms with Gasteiger partial charge in [0.1, 0.15) is 6.54 Å². The number of carboxylic acid groups (broad SMARTS) is 1. The molecule has 0 fully saturated rings. The molecule has 1 aliphatic carbocycles. The SMILES string of the molecule is O=C(O)Cn1nc(C(F)(F)F)c2c1CCCC2(F)F. The molecule has 4 nitrogen and oxygen atoms in total. The van der Waals surface area contributed by atoms with E-state index < -0.39 is 42.3 Å². The second kappa shape index (κ2) is 4.17. The van der Waals surface area contributed by atoms with E-state index in [9.17, 15) is 26.7 Å². The van der Waals surface area contributed by atoms with E-state index in [1.807, 2.05) is 0 Å². The van der Waals surface area contributed by atoms with Gasteiger partial charge in [0.05, 0.1) is 5.56 Å². The van der Waals surface area contributed by atoms with E-state index >= 15 is 0 Å². The zero-order valence-corrected chi connectivity index (χ0v) is 9.47. The molecule has 1 aromatic heterocycles. The number of alkyl halides is 5. The van der Waals surface area contributed by atoms with Crippen LogP contribution in [-0.4, -0.2) is 20.9 Å². The molecule has 9 heteroatoms. The minimum atomic E-state index is -5.03. The van der Waals surface area contributed by atoms with Gasteiger partial charge in [0.2, 0.25) is 0 Å². The number of aromatic nitrogens is 2. The molecule has 1 N–H and O–H groups in total. The summed E-state index contributed by atoms with van der Waals surface area (Å²) in [6.07, 6.45) is -5.78. The van der Waals surface area contributed by atoms with Crippen LogP contribution in [0, 0.1) is 0 Å². The topological polar surface area (TPSA) is 55.1 Å². The summed E-state index contributed by atoms with van der Waals surface area (Å²) in [7, 11) is 0. The fourth-order valence-corrected chi connectivity index (χ4v) is 2.20. The van der Waals surface area contributed by atoms with Crippen molar-refractivity contribution in [2.24, 2.45) is 0 Å². The molecule has 0 amide bonds. The standard InChI is InChI=1S/C10H9F5N2O2/c11-9(12)3-1-2-5-7(9)8(10(13,14)15)16-17(5)4-6(18)19/h1-4H2,(H,18,19). The summed E-state index contributed by atoms with van der Waals surface area (Å²) in [5.41, 5.74) is -3.20. The average molecular weight is 284 g/mol. The summed E-state index contributed by atoms with van der Waals surface area (Å²) in [5.74, 6) is -5.07. The molecule has 2 rings (SSSR count). The highest BCUT2D eigenvalue weighted by atomic mass is 19.4. The van der Waals surface area contributed by atoms with E-state index in [0.29, 0.717) is 4.68 Å². The molecule has 0 spiro atoms. The lowest BCUT2D eigenvalue weighted by Crippen LogP contribution is -2.25. The quantitative estimate of drug-likeness (QED) is 0.848. The number of fused-ring (bicyclic) bond motifs is 1. The fourth-order valence-electron chi connectivity index (χ4n) is 2.20. The highest BCUT2D eigenvalue weighted by Crippen LogP contribution is 2.46. The van der Waals surface area contributed by atoms with Gasteiger partial charge in [-0.25, -0.2) is 8.78 Å². The molecule has 106 valence electrons. The van der Waals surface area contributed by atoms with Crippen LogP contribution in [0.2, 0.25) is 0 Å². The molecule has 0 atom stereocenters. The molecule has 0 aromatic carbocycles. The van der Waals surface area contributed by atoms with Crippen LogP contribution in [0.25, 0.3) is 0 Å². The van der Waals surface area contributed by atoms with Crippen molar-refractivity contribution in [1.82, 2.24) is 9.78 Å². The van der Waals surface area contributed by atoms with Crippen LogP contribution in [0.5, 0.6) is 0 Å². The molecule has 0 aliphatic heterocycles. The third kappa shape index (κ3) is 2.41. The minimum absolute atomic E-state index is 0.0113. The second-order valence-corrected chi connectivity index (χ2v) is 4.28. The molecule has 1 aliphatic rings. The zero-order valence-electron chi connectivity index (χ0n) is 9.47. The van der Waals surface area contributed by atoms with E-state index in [4.69, 9.17) is 5.11 Å². The third-order valence-corrected chi connectivity index (χ3v) is 2.88. The van der Waals surface area contributed by atoms with E-state index in [2.05, 4.69) is 5.10 Å². The predicted octanol–water partition coefficient (Wildman–Crippen LogP) is 2.41. The van der Waals surface area contributed by atoms with Gasteiger partial charge in [-0.3, -0.25) is 9.48 Å². The first-order chi connectivity index (χ1) is 8.63. The van der Waals surface area contributed by atoms with Gasteiger partial charge in [-0.1, -0.05) is 0 Å². The average Bonchev–Trinajstić information content (AvgIpc) is 2.57. The van der Waals surface area contributed by atoms with Crippen molar-refractivity contribution in [3.63, 3.8) is 0 Å². The Morgan fingerprint density at radius 1 is 1.42 bits per heavy atom. The highest BCUT2D eigenvalue weighted by molar-refractivity contribution is 5.66. The van der Waals surface area contributed by atoms with Gasteiger partial charge in [0, 0.05) is 12.1 Å². The van der Waals surface area contributed by atoms with Gasteiger partial charge >= 0.3 is 12.1 Å². The molecule has 0 saturated carbocycles. The minimum Gasteiger partial charge on any atom is -0.480 e. The van der Waals surface area contributed by atoms with Crippen LogP contribution in [0.1, 0.15) is 29.8 Å². The summed E-state index contributed by atoms with van der Waals surface area (Å²) in [4.78, 5) is 10.5. The van der Waals surface area contributed by atoms with Crippen molar-refractivity contribution >= 4 is 5.97 Å². The lowest BCUT2D eigenvalue weighted by Gasteiger charge is -2.23. The zero-order chi connectivity index (χ0) is 14.4. The van der Waals surface area contributed by atoms with Gasteiger partial charge in [-0.05, 0) is 12.8 Å². The van der Waals surface area contributed by atoms with Crippen molar-refractivity contribution < 1.29 is 31.9 Å². The summed E-state index contributed by atoms with van der Waals surface area (Å²) in [6.45, 7) is -0.867. The van der Waals surface area contributed by atoms with Gasteiger partial charge in [0.15, 0.2) is 5.69 Å². The number of nitrogens with zero attached hydrogens (tertiary/aromatic N) is 2. The van der Waals surface area contributed by atoms with Gasteiger partial charge in [0.25, 0.3) is 5.92 Å². The number of hydrogen-bond donors (Lipinski definition) is 1. The van der Waals surface area contributed by atoms with Crippen molar-refractivity contribution in [3.8, 4) is 0 Å². The highest BCUT2D eigenvalue weighted by Gasteiger charge is 2.49. The first-order valence-electron chi connectivity index (χ1n) is 5.40. The molecule has 1 aromatic rings. The molecule has 0 radical (unpaired) electrons. The molecule has 1 heterocycles. The number of halogens is 5. The van der Waals surface area contributed by atoms with Crippen LogP contribution in [-0.2, 0) is 29.9 Å². The van der Waals surface area contributed by atoms with E-state index in [1.165, 1.54) is 0 Å². The van der Waals surface area contributed by atoms with E-state index in [-0.39, 0.29) is 18.5 Å². The van der Waals surface area contributed by atoms with Crippen LogP contribution in [0.15, 0.2) is 0 Å². The Balaban J connectivity index is 2.63. The van der Waals surface area contributed by atoms with Crippen molar-refractivity contribution in [1.29, 1.82) is 0 Å². The lowest BCUT2D eigenvalue weighted by atomic mass is 9.92. The van der Waals surface area contributed by atoms with Crippen LogP contribution >= 0.6 is 0 Å². The number of carbonyl (C=O) groups is 1. The predicted molar refractivity (Wildman–Crippen MR) is 51.7 cm³/mol. The van der Waals surface area contributed by atoms with Crippen LogP contribution in [0.4, 0.5) is 22.0 Å². The largest absolute Gasteiger partial charge is 0.480 e. The van der Waals surface area contributed by atoms with E-state index in [1.54, 1.807) is 0 Å². The lowest BCUT2D eigenvalue weighted by molar-refractivity contribution is -0.147. The van der Waals surface area contributed by atoms with Gasteiger partial charge < -0.3 is 5.11 Å². The monoisotopic (exact) mass is 284 g/mol. The maximum absolute atomic E-state index is 13.6. The smallest absolute Gasteiger partial charge is 0.435 e. The summed E-state index contributed by atoms with van der Waals surface area (Å²) in [6, 6.07) is 0. The second-order valence-electron chi connectivity index (χ2n) is 4.28. The first-order valence-corrected chi connectivity index (χ1v) is 5.40. The van der Waals surface area contributed by atoms with Crippen molar-refractivity contribution in [3.05, 3.63) is 17.0 Å². The number of aliphatic carboxylic acids is 1. The number of rotatable bonds is 2. The Morgan fingerprint density at radius 2 is 2.05 bits per heavy atom.